The van der Waals surface area contributed by atoms with Gasteiger partial charge >= 0.3 is 0 Å². The lowest BCUT2D eigenvalue weighted by atomic mass is 10.0. The summed E-state index contributed by atoms with van der Waals surface area (Å²) < 4.78 is 5.21. The fourth-order valence-electron chi connectivity index (χ4n) is 2.40. The molecule has 3 nitrogen and oxygen atoms in total. The molecule has 1 fully saturated rings. The summed E-state index contributed by atoms with van der Waals surface area (Å²) in [6.45, 7) is 2.13. The molecule has 0 amide bonds. The first kappa shape index (κ1) is 13.5. The smallest absolute Gasteiger partial charge is 0.121 e. The number of likely N-dealkylation sites (N-methyl/N-ethyl adjacent to an activating group) is 1. The van der Waals surface area contributed by atoms with Crippen LogP contribution in [0.2, 0.25) is 5.02 Å². The molecule has 1 unspecified atom stereocenters. The first-order chi connectivity index (χ1) is 8.70. The molecule has 1 N–H and O–H groups in total. The van der Waals surface area contributed by atoms with Gasteiger partial charge in [0.1, 0.15) is 5.75 Å². The number of piperidine rings is 1. The number of methoxy groups -OCH3 is 1. The number of likely N-dealkylation sites (tertiary alicyclic amines) is 1. The summed E-state index contributed by atoms with van der Waals surface area (Å²) in [5.41, 5.74) is 0.954. The Morgan fingerprint density at radius 1 is 1.44 bits per heavy atom. The van der Waals surface area contributed by atoms with E-state index in [9.17, 15) is 0 Å². The normalized spacial score (nSPS) is 20.7. The summed E-state index contributed by atoms with van der Waals surface area (Å²) in [7, 11) is 3.86. The van der Waals surface area contributed by atoms with Gasteiger partial charge in [0, 0.05) is 18.7 Å². The minimum Gasteiger partial charge on any atom is -0.497 e. The van der Waals surface area contributed by atoms with Crippen LogP contribution in [-0.2, 0) is 0 Å². The average molecular weight is 269 g/mol. The third-order valence-electron chi connectivity index (χ3n) is 3.62. The Morgan fingerprint density at radius 3 is 3.00 bits per heavy atom. The van der Waals surface area contributed by atoms with Crippen LogP contribution in [0.15, 0.2) is 18.2 Å². The van der Waals surface area contributed by atoms with Crippen molar-refractivity contribution in [1.29, 1.82) is 0 Å². The summed E-state index contributed by atoms with van der Waals surface area (Å²) in [5, 5.41) is 4.18. The molecule has 1 aromatic carbocycles. The van der Waals surface area contributed by atoms with Crippen LogP contribution in [0.4, 0.5) is 5.69 Å². The summed E-state index contributed by atoms with van der Waals surface area (Å²) in [5.74, 6) is 0.832. The molecule has 0 bridgehead atoms. The zero-order chi connectivity index (χ0) is 13.0. The van der Waals surface area contributed by atoms with E-state index in [1.54, 1.807) is 7.11 Å². The molecule has 4 heteroatoms. The molecule has 0 saturated carbocycles. The average Bonchev–Trinajstić information content (AvgIpc) is 2.39. The molecule has 0 aromatic heterocycles. The lowest BCUT2D eigenvalue weighted by Gasteiger charge is -2.32. The summed E-state index contributed by atoms with van der Waals surface area (Å²) >= 11 is 6.18. The van der Waals surface area contributed by atoms with Crippen molar-refractivity contribution in [1.82, 2.24) is 4.90 Å². The van der Waals surface area contributed by atoms with Gasteiger partial charge in [-0.1, -0.05) is 18.0 Å². The number of hydrogen-bond acceptors (Lipinski definition) is 3. The maximum absolute atomic E-state index is 6.18. The maximum Gasteiger partial charge on any atom is 0.121 e. The third kappa shape index (κ3) is 3.30. The van der Waals surface area contributed by atoms with Gasteiger partial charge in [0.15, 0.2) is 0 Å². The van der Waals surface area contributed by atoms with Crippen LogP contribution in [0.5, 0.6) is 5.75 Å². The van der Waals surface area contributed by atoms with E-state index in [0.29, 0.717) is 6.04 Å². The third-order valence-corrected chi connectivity index (χ3v) is 3.95. The largest absolute Gasteiger partial charge is 0.497 e. The fraction of sp³-hybridized carbons (Fsp3) is 0.571. The molecule has 100 valence electrons. The first-order valence-electron chi connectivity index (χ1n) is 6.48. The van der Waals surface area contributed by atoms with Gasteiger partial charge in [0.25, 0.3) is 0 Å². The van der Waals surface area contributed by atoms with E-state index in [0.717, 1.165) is 23.0 Å². The molecular formula is C14H21ClN2O. The van der Waals surface area contributed by atoms with E-state index in [1.807, 2.05) is 18.2 Å². The van der Waals surface area contributed by atoms with Crippen LogP contribution in [0.25, 0.3) is 0 Å². The second-order valence-electron chi connectivity index (χ2n) is 4.86. The predicted molar refractivity (Wildman–Crippen MR) is 76.8 cm³/mol. The Balaban J connectivity index is 1.96. The highest BCUT2D eigenvalue weighted by Gasteiger charge is 2.18. The van der Waals surface area contributed by atoms with Gasteiger partial charge in [0.2, 0.25) is 0 Å². The van der Waals surface area contributed by atoms with Crippen LogP contribution < -0.4 is 10.1 Å². The monoisotopic (exact) mass is 268 g/mol. The molecule has 1 aromatic rings. The number of hydrogen-bond donors (Lipinski definition) is 1. The molecule has 1 atom stereocenters. The molecule has 2 rings (SSSR count). The second-order valence-corrected chi connectivity index (χ2v) is 5.26. The van der Waals surface area contributed by atoms with Crippen LogP contribution in [-0.4, -0.2) is 38.2 Å². The Kier molecular flexibility index (Phi) is 4.72. The second kappa shape index (κ2) is 6.30. The van der Waals surface area contributed by atoms with E-state index in [4.69, 9.17) is 16.3 Å². The highest BCUT2D eigenvalue weighted by molar-refractivity contribution is 6.33. The van der Waals surface area contributed by atoms with Crippen molar-refractivity contribution in [2.45, 2.75) is 25.3 Å². The number of rotatable bonds is 4. The van der Waals surface area contributed by atoms with E-state index >= 15 is 0 Å². The number of nitrogens with zero attached hydrogens (tertiary/aromatic N) is 1. The topological polar surface area (TPSA) is 24.5 Å². The number of benzene rings is 1. The van der Waals surface area contributed by atoms with Crippen molar-refractivity contribution < 1.29 is 4.74 Å². The number of halogens is 1. The van der Waals surface area contributed by atoms with Crippen LogP contribution >= 0.6 is 11.6 Å². The number of ether oxygens (including phenoxy) is 1. The molecule has 0 aliphatic carbocycles. The summed E-state index contributed by atoms with van der Waals surface area (Å²) in [6, 6.07) is 6.29. The highest BCUT2D eigenvalue weighted by atomic mass is 35.5. The Hall–Kier alpha value is -0.930. The van der Waals surface area contributed by atoms with Crippen molar-refractivity contribution in [3.8, 4) is 5.75 Å². The molecule has 1 aliphatic rings. The van der Waals surface area contributed by atoms with Crippen molar-refractivity contribution in [2.75, 3.05) is 32.6 Å². The van der Waals surface area contributed by atoms with Gasteiger partial charge in [0.05, 0.1) is 17.8 Å². The zero-order valence-electron chi connectivity index (χ0n) is 11.1. The van der Waals surface area contributed by atoms with Gasteiger partial charge in [-0.25, -0.2) is 0 Å². The standard InChI is InChI=1S/C14H21ClN2O/c1-17-8-4-3-5-11(17)10-16-14-9-12(18-2)6-7-13(14)15/h6-7,9,11,16H,3-5,8,10H2,1-2H3. The molecule has 0 radical (unpaired) electrons. The van der Waals surface area contributed by atoms with E-state index in [-0.39, 0.29) is 0 Å². The number of anilines is 1. The van der Waals surface area contributed by atoms with Crippen molar-refractivity contribution in [2.24, 2.45) is 0 Å². The van der Waals surface area contributed by atoms with Gasteiger partial charge in [-0.2, -0.15) is 0 Å². The Labute approximate surface area is 114 Å². The van der Waals surface area contributed by atoms with Crippen molar-refractivity contribution >= 4 is 17.3 Å². The lowest BCUT2D eigenvalue weighted by Crippen LogP contribution is -2.40. The quantitative estimate of drug-likeness (QED) is 0.907. The predicted octanol–water partition coefficient (Wildman–Crippen LogP) is 3.24. The molecular weight excluding hydrogens is 248 g/mol. The summed E-state index contributed by atoms with van der Waals surface area (Å²) in [4.78, 5) is 2.42. The first-order valence-corrected chi connectivity index (χ1v) is 6.86. The highest BCUT2D eigenvalue weighted by Crippen LogP contribution is 2.27. The minimum absolute atomic E-state index is 0.598. The van der Waals surface area contributed by atoms with Crippen molar-refractivity contribution in [3.63, 3.8) is 0 Å². The van der Waals surface area contributed by atoms with Gasteiger partial charge < -0.3 is 15.0 Å². The maximum atomic E-state index is 6.18. The fourth-order valence-corrected chi connectivity index (χ4v) is 2.58. The Bertz CT molecular complexity index is 397. The van der Waals surface area contributed by atoms with Crippen LogP contribution in [0.1, 0.15) is 19.3 Å². The van der Waals surface area contributed by atoms with E-state index in [2.05, 4.69) is 17.3 Å². The molecule has 0 spiro atoms. The van der Waals surface area contributed by atoms with Crippen molar-refractivity contribution in [3.05, 3.63) is 23.2 Å². The summed E-state index contributed by atoms with van der Waals surface area (Å²) in [6.07, 6.45) is 3.89. The lowest BCUT2D eigenvalue weighted by molar-refractivity contribution is 0.194. The van der Waals surface area contributed by atoms with Crippen LogP contribution in [0, 0.1) is 0 Å². The molecule has 1 aliphatic heterocycles. The van der Waals surface area contributed by atoms with Gasteiger partial charge in [-0.15, -0.1) is 0 Å². The Morgan fingerprint density at radius 2 is 2.28 bits per heavy atom. The zero-order valence-corrected chi connectivity index (χ0v) is 11.8. The van der Waals surface area contributed by atoms with Gasteiger partial charge in [-0.3, -0.25) is 0 Å². The van der Waals surface area contributed by atoms with E-state index in [1.165, 1.54) is 25.8 Å². The van der Waals surface area contributed by atoms with Gasteiger partial charge in [-0.05, 0) is 38.6 Å². The number of nitrogens with one attached hydrogen (secondary N) is 1. The van der Waals surface area contributed by atoms with Crippen LogP contribution in [0.3, 0.4) is 0 Å². The molecule has 18 heavy (non-hydrogen) atoms. The molecule has 1 heterocycles. The SMILES string of the molecule is COc1ccc(Cl)c(NCC2CCCCN2C)c1. The van der Waals surface area contributed by atoms with E-state index < -0.39 is 0 Å². The minimum atomic E-state index is 0.598. The molecule has 1 saturated heterocycles.